The van der Waals surface area contributed by atoms with Crippen LogP contribution in [0.25, 0.3) is 0 Å². The number of hydrogen-bond acceptors (Lipinski definition) is 5. The Morgan fingerprint density at radius 1 is 1.07 bits per heavy atom. The first kappa shape index (κ1) is 20.5. The van der Waals surface area contributed by atoms with Gasteiger partial charge < -0.3 is 24.8 Å². The first-order chi connectivity index (χ1) is 13.2. The summed E-state index contributed by atoms with van der Waals surface area (Å²) in [6.45, 7) is 6.60. The van der Waals surface area contributed by atoms with Crippen LogP contribution in [0.5, 0.6) is 0 Å². The minimum atomic E-state index is -0.529. The highest BCUT2D eigenvalue weighted by atomic mass is 16.6. The predicted octanol–water partition coefficient (Wildman–Crippen LogP) is 3.52. The summed E-state index contributed by atoms with van der Waals surface area (Å²) in [4.78, 5) is 24.1. The number of rotatable bonds is 5. The number of carbonyl (C=O) groups is 2. The van der Waals surface area contributed by atoms with E-state index in [2.05, 4.69) is 10.6 Å². The Hall–Kier alpha value is -2.28. The Labute approximate surface area is 166 Å². The molecule has 2 heterocycles. The van der Waals surface area contributed by atoms with Crippen LogP contribution in [0.1, 0.15) is 52.0 Å². The third-order valence-corrected chi connectivity index (χ3v) is 5.31. The second kappa shape index (κ2) is 7.99. The summed E-state index contributed by atoms with van der Waals surface area (Å²) in [5.74, 6) is 0. The summed E-state index contributed by atoms with van der Waals surface area (Å²) >= 11 is 0. The summed E-state index contributed by atoms with van der Waals surface area (Å²) < 4.78 is 16.7. The van der Waals surface area contributed by atoms with Crippen molar-refractivity contribution in [2.24, 2.45) is 0 Å². The molecule has 4 rings (SSSR count). The highest BCUT2D eigenvalue weighted by molar-refractivity contribution is 5.69. The van der Waals surface area contributed by atoms with Crippen LogP contribution in [-0.4, -0.2) is 42.1 Å². The van der Waals surface area contributed by atoms with Crippen LogP contribution in [0, 0.1) is 0 Å². The molecule has 0 aromatic heterocycles. The van der Waals surface area contributed by atoms with E-state index in [4.69, 9.17) is 14.2 Å². The second-order valence-corrected chi connectivity index (χ2v) is 8.79. The van der Waals surface area contributed by atoms with Gasteiger partial charge in [-0.2, -0.15) is 0 Å². The maximum atomic E-state index is 12.1. The standard InChI is InChI=1S/C21H30N2O5/c1-19(2,3)28-18(25)23-20-9-11-21(12-10-20,27-15-20)14-22-17(24)26-13-16-7-5-4-6-8-16/h4-8H,9-15H2,1-3H3,(H,22,24)(H,23,25). The van der Waals surface area contributed by atoms with Gasteiger partial charge in [0.15, 0.2) is 0 Å². The van der Waals surface area contributed by atoms with Gasteiger partial charge >= 0.3 is 12.2 Å². The number of nitrogens with one attached hydrogen (secondary N) is 2. The lowest BCUT2D eigenvalue weighted by Gasteiger charge is -2.53. The van der Waals surface area contributed by atoms with Gasteiger partial charge in [-0.25, -0.2) is 9.59 Å². The average molecular weight is 390 g/mol. The molecule has 2 aliphatic heterocycles. The van der Waals surface area contributed by atoms with Gasteiger partial charge in [0.05, 0.1) is 17.7 Å². The largest absolute Gasteiger partial charge is 0.445 e. The number of hydrogen-bond donors (Lipinski definition) is 2. The van der Waals surface area contributed by atoms with Crippen LogP contribution < -0.4 is 10.6 Å². The number of alkyl carbamates (subject to hydrolysis) is 2. The maximum Gasteiger partial charge on any atom is 0.408 e. The van der Waals surface area contributed by atoms with Gasteiger partial charge in [0, 0.05) is 6.54 Å². The molecule has 1 aliphatic carbocycles. The van der Waals surface area contributed by atoms with E-state index in [1.165, 1.54) is 0 Å². The van der Waals surface area contributed by atoms with Crippen molar-refractivity contribution >= 4 is 12.2 Å². The van der Waals surface area contributed by atoms with Crippen molar-refractivity contribution in [1.29, 1.82) is 0 Å². The van der Waals surface area contributed by atoms with E-state index in [0.717, 1.165) is 31.2 Å². The third kappa shape index (κ3) is 5.38. The molecule has 3 fully saturated rings. The molecule has 0 spiro atoms. The van der Waals surface area contributed by atoms with Crippen LogP contribution in [0.4, 0.5) is 9.59 Å². The number of fused-ring (bicyclic) bond motifs is 3. The zero-order valence-electron chi connectivity index (χ0n) is 16.9. The Morgan fingerprint density at radius 2 is 1.75 bits per heavy atom. The van der Waals surface area contributed by atoms with Crippen LogP contribution in [0.3, 0.4) is 0 Å². The summed E-state index contributed by atoms with van der Waals surface area (Å²) in [5, 5.41) is 5.82. The molecule has 154 valence electrons. The Balaban J connectivity index is 1.43. The highest BCUT2D eigenvalue weighted by Crippen LogP contribution is 2.43. The number of amides is 2. The van der Waals surface area contributed by atoms with Crippen molar-refractivity contribution < 1.29 is 23.8 Å². The molecular weight excluding hydrogens is 360 g/mol. The third-order valence-electron chi connectivity index (χ3n) is 5.31. The quantitative estimate of drug-likeness (QED) is 0.803. The summed E-state index contributed by atoms with van der Waals surface area (Å²) in [7, 11) is 0. The summed E-state index contributed by atoms with van der Waals surface area (Å²) in [5.41, 5.74) is -0.347. The normalized spacial score (nSPS) is 26.4. The smallest absolute Gasteiger partial charge is 0.408 e. The van der Waals surface area contributed by atoms with E-state index in [0.29, 0.717) is 13.2 Å². The molecule has 2 bridgehead atoms. The van der Waals surface area contributed by atoms with Crippen LogP contribution >= 0.6 is 0 Å². The van der Waals surface area contributed by atoms with E-state index in [1.807, 2.05) is 51.1 Å². The minimum absolute atomic E-state index is 0.240. The zero-order valence-corrected chi connectivity index (χ0v) is 16.9. The maximum absolute atomic E-state index is 12.1. The molecule has 28 heavy (non-hydrogen) atoms. The van der Waals surface area contributed by atoms with Crippen LogP contribution in [0.2, 0.25) is 0 Å². The minimum Gasteiger partial charge on any atom is -0.445 e. The zero-order chi connectivity index (χ0) is 20.3. The molecule has 3 aliphatic rings. The first-order valence-corrected chi connectivity index (χ1v) is 9.79. The van der Waals surface area contributed by atoms with Gasteiger partial charge in [0.1, 0.15) is 12.2 Å². The van der Waals surface area contributed by atoms with Gasteiger partial charge in [-0.3, -0.25) is 0 Å². The molecule has 1 aromatic rings. The molecule has 2 N–H and O–H groups in total. The lowest BCUT2D eigenvalue weighted by atomic mass is 9.71. The Morgan fingerprint density at radius 3 is 2.32 bits per heavy atom. The lowest BCUT2D eigenvalue weighted by molar-refractivity contribution is -0.157. The van der Waals surface area contributed by atoms with Crippen molar-refractivity contribution in [3.63, 3.8) is 0 Å². The van der Waals surface area contributed by atoms with Gasteiger partial charge in [0.2, 0.25) is 0 Å². The SMILES string of the molecule is CC(C)(C)OC(=O)NC12CCC(CNC(=O)OCc3ccccc3)(CC1)OC2. The molecule has 2 saturated heterocycles. The predicted molar refractivity (Wildman–Crippen MR) is 104 cm³/mol. The molecule has 7 heteroatoms. The average Bonchev–Trinajstić information content (AvgIpc) is 2.65. The van der Waals surface area contributed by atoms with Crippen molar-refractivity contribution in [3.05, 3.63) is 35.9 Å². The van der Waals surface area contributed by atoms with Crippen molar-refractivity contribution in [2.45, 2.75) is 69.8 Å². The molecule has 2 amide bonds. The molecule has 7 nitrogen and oxygen atoms in total. The lowest BCUT2D eigenvalue weighted by Crippen LogP contribution is -2.65. The first-order valence-electron chi connectivity index (χ1n) is 9.79. The molecule has 0 unspecified atom stereocenters. The Bertz CT molecular complexity index is 674. The van der Waals surface area contributed by atoms with Crippen LogP contribution in [0.15, 0.2) is 30.3 Å². The number of benzene rings is 1. The molecule has 0 atom stereocenters. The number of carbonyl (C=O) groups excluding carboxylic acids is 2. The van der Waals surface area contributed by atoms with E-state index in [9.17, 15) is 9.59 Å². The Kier molecular flexibility index (Phi) is 5.84. The summed E-state index contributed by atoms with van der Waals surface area (Å²) in [6.07, 6.45) is 2.27. The van der Waals surface area contributed by atoms with E-state index in [1.54, 1.807) is 0 Å². The van der Waals surface area contributed by atoms with E-state index in [-0.39, 0.29) is 17.7 Å². The topological polar surface area (TPSA) is 85.9 Å². The fourth-order valence-electron chi connectivity index (χ4n) is 3.68. The molecule has 0 radical (unpaired) electrons. The second-order valence-electron chi connectivity index (χ2n) is 8.79. The van der Waals surface area contributed by atoms with Gasteiger partial charge in [-0.05, 0) is 52.0 Å². The fourth-order valence-corrected chi connectivity index (χ4v) is 3.68. The van der Waals surface area contributed by atoms with E-state index < -0.39 is 17.8 Å². The van der Waals surface area contributed by atoms with Crippen LogP contribution in [-0.2, 0) is 20.8 Å². The molecule has 1 aromatic carbocycles. The van der Waals surface area contributed by atoms with Crippen molar-refractivity contribution in [3.8, 4) is 0 Å². The van der Waals surface area contributed by atoms with Crippen molar-refractivity contribution in [2.75, 3.05) is 13.2 Å². The van der Waals surface area contributed by atoms with Gasteiger partial charge in [0.25, 0.3) is 0 Å². The van der Waals surface area contributed by atoms with Crippen molar-refractivity contribution in [1.82, 2.24) is 10.6 Å². The highest BCUT2D eigenvalue weighted by Gasteiger charge is 2.51. The monoisotopic (exact) mass is 390 g/mol. The summed E-state index contributed by atoms with van der Waals surface area (Å²) in [6, 6.07) is 9.56. The number of ether oxygens (including phenoxy) is 3. The molecule has 1 saturated carbocycles. The molecular formula is C21H30N2O5. The fraction of sp³-hybridized carbons (Fsp3) is 0.619. The van der Waals surface area contributed by atoms with Gasteiger partial charge in [-0.1, -0.05) is 30.3 Å². The van der Waals surface area contributed by atoms with E-state index >= 15 is 0 Å². The van der Waals surface area contributed by atoms with Gasteiger partial charge in [-0.15, -0.1) is 0 Å².